The van der Waals surface area contributed by atoms with Gasteiger partial charge in [0, 0.05) is 13.0 Å². The molecule has 5 nitrogen and oxygen atoms in total. The highest BCUT2D eigenvalue weighted by Gasteiger charge is 2.30. The first-order valence-corrected chi connectivity index (χ1v) is 8.68. The fourth-order valence-corrected chi connectivity index (χ4v) is 2.90. The van der Waals surface area contributed by atoms with Crippen molar-refractivity contribution in [1.29, 1.82) is 0 Å². The zero-order valence-electron chi connectivity index (χ0n) is 14.6. The van der Waals surface area contributed by atoms with Crippen molar-refractivity contribution < 1.29 is 14.3 Å². The summed E-state index contributed by atoms with van der Waals surface area (Å²) in [6.07, 6.45) is 1.88. The summed E-state index contributed by atoms with van der Waals surface area (Å²) >= 11 is 0. The lowest BCUT2D eigenvalue weighted by Gasteiger charge is -2.15. The van der Waals surface area contributed by atoms with Crippen LogP contribution in [0, 0.1) is 0 Å². The van der Waals surface area contributed by atoms with Gasteiger partial charge in [-0.15, -0.1) is 12.4 Å². The molecule has 1 aliphatic heterocycles. The summed E-state index contributed by atoms with van der Waals surface area (Å²) < 4.78 is 11.5. The Morgan fingerprint density at radius 1 is 1.12 bits per heavy atom. The molecule has 6 heteroatoms. The summed E-state index contributed by atoms with van der Waals surface area (Å²) in [5.74, 6) is 0.523. The molecule has 2 aromatic carbocycles. The molecule has 3 rings (SSSR count). The van der Waals surface area contributed by atoms with Crippen LogP contribution in [0.25, 0.3) is 0 Å². The Labute approximate surface area is 160 Å². The highest BCUT2D eigenvalue weighted by molar-refractivity contribution is 5.95. The Hall–Kier alpha value is -2.08. The summed E-state index contributed by atoms with van der Waals surface area (Å²) in [5, 5.41) is 2.92. The van der Waals surface area contributed by atoms with Gasteiger partial charge >= 0.3 is 0 Å². The predicted molar refractivity (Wildman–Crippen MR) is 105 cm³/mol. The standard InChI is InChI=1S/C20H24N2O3.ClH/c21-14-16-10-11-19(25-16)20(23)22-17-8-4-5-9-18(17)24-13-12-15-6-2-1-3-7-15;/h1-9,16,19H,10-14,21H2,(H,22,23);1H/t16-,19+;/m1./s1. The van der Waals surface area contributed by atoms with Crippen LogP contribution in [-0.4, -0.2) is 31.3 Å². The van der Waals surface area contributed by atoms with Crippen LogP contribution in [0.5, 0.6) is 5.75 Å². The van der Waals surface area contributed by atoms with E-state index in [9.17, 15) is 4.79 Å². The molecule has 1 heterocycles. The predicted octanol–water partition coefficient (Wildman–Crippen LogP) is 3.17. The van der Waals surface area contributed by atoms with Gasteiger partial charge in [-0.3, -0.25) is 4.79 Å². The minimum atomic E-state index is -0.439. The molecule has 0 saturated carbocycles. The second-order valence-corrected chi connectivity index (χ2v) is 6.13. The van der Waals surface area contributed by atoms with Crippen molar-refractivity contribution in [1.82, 2.24) is 0 Å². The summed E-state index contributed by atoms with van der Waals surface area (Å²) in [5.41, 5.74) is 7.48. The number of nitrogens with two attached hydrogens (primary N) is 1. The molecule has 0 bridgehead atoms. The first-order chi connectivity index (χ1) is 12.3. The van der Waals surface area contributed by atoms with Crippen molar-refractivity contribution in [3.05, 3.63) is 60.2 Å². The highest BCUT2D eigenvalue weighted by Crippen LogP contribution is 2.26. The third-order valence-corrected chi connectivity index (χ3v) is 4.30. The van der Waals surface area contributed by atoms with Crippen LogP contribution < -0.4 is 15.8 Å². The molecule has 1 fully saturated rings. The molecule has 0 radical (unpaired) electrons. The van der Waals surface area contributed by atoms with Crippen LogP contribution in [0.4, 0.5) is 5.69 Å². The van der Waals surface area contributed by atoms with Crippen molar-refractivity contribution in [3.8, 4) is 5.75 Å². The molecule has 0 spiro atoms. The lowest BCUT2D eigenvalue weighted by molar-refractivity contribution is -0.126. The molecule has 0 aromatic heterocycles. The first-order valence-electron chi connectivity index (χ1n) is 8.68. The summed E-state index contributed by atoms with van der Waals surface area (Å²) in [6, 6.07) is 17.6. The number of para-hydroxylation sites is 2. The number of carbonyl (C=O) groups is 1. The Morgan fingerprint density at radius 3 is 2.58 bits per heavy atom. The fraction of sp³-hybridized carbons (Fsp3) is 0.350. The summed E-state index contributed by atoms with van der Waals surface area (Å²) in [7, 11) is 0. The van der Waals surface area contributed by atoms with E-state index in [1.165, 1.54) is 5.56 Å². The van der Waals surface area contributed by atoms with Crippen LogP contribution in [0.3, 0.4) is 0 Å². The van der Waals surface area contributed by atoms with E-state index in [2.05, 4.69) is 17.4 Å². The van der Waals surface area contributed by atoms with Gasteiger partial charge in [-0.05, 0) is 30.5 Å². The molecule has 2 atom stereocenters. The maximum absolute atomic E-state index is 12.4. The first kappa shape index (κ1) is 20.2. The number of amides is 1. The average molecular weight is 377 g/mol. The number of halogens is 1. The molecule has 1 aliphatic rings. The third kappa shape index (κ3) is 5.46. The molecular weight excluding hydrogens is 352 g/mol. The van der Waals surface area contributed by atoms with Crippen LogP contribution in [0.15, 0.2) is 54.6 Å². The van der Waals surface area contributed by atoms with E-state index in [-0.39, 0.29) is 24.4 Å². The van der Waals surface area contributed by atoms with E-state index in [1.54, 1.807) is 0 Å². The van der Waals surface area contributed by atoms with E-state index >= 15 is 0 Å². The maximum Gasteiger partial charge on any atom is 0.253 e. The van der Waals surface area contributed by atoms with Crippen molar-refractivity contribution in [3.63, 3.8) is 0 Å². The van der Waals surface area contributed by atoms with Gasteiger partial charge in [-0.2, -0.15) is 0 Å². The molecule has 2 aromatic rings. The molecular formula is C20H25ClN2O3. The minimum absolute atomic E-state index is 0. The molecule has 140 valence electrons. The number of nitrogens with one attached hydrogen (secondary N) is 1. The third-order valence-electron chi connectivity index (χ3n) is 4.30. The second kappa shape index (κ2) is 10.2. The molecule has 3 N–H and O–H groups in total. The largest absolute Gasteiger partial charge is 0.491 e. The molecule has 26 heavy (non-hydrogen) atoms. The number of carbonyl (C=O) groups excluding carboxylic acids is 1. The lowest BCUT2D eigenvalue weighted by atomic mass is 10.2. The fourth-order valence-electron chi connectivity index (χ4n) is 2.90. The minimum Gasteiger partial charge on any atom is -0.491 e. The van der Waals surface area contributed by atoms with Gasteiger partial charge < -0.3 is 20.5 Å². The Bertz CT molecular complexity index is 696. The van der Waals surface area contributed by atoms with Crippen molar-refractivity contribution in [2.24, 2.45) is 5.73 Å². The summed E-state index contributed by atoms with van der Waals surface area (Å²) in [4.78, 5) is 12.4. The average Bonchev–Trinajstić information content (AvgIpc) is 3.13. The second-order valence-electron chi connectivity index (χ2n) is 6.13. The molecule has 0 aliphatic carbocycles. The molecule has 1 amide bonds. The maximum atomic E-state index is 12.4. The Balaban J connectivity index is 0.00000243. The number of benzene rings is 2. The van der Waals surface area contributed by atoms with Gasteiger partial charge in [0.15, 0.2) is 0 Å². The number of hydrogen-bond donors (Lipinski definition) is 2. The monoisotopic (exact) mass is 376 g/mol. The smallest absolute Gasteiger partial charge is 0.253 e. The zero-order chi connectivity index (χ0) is 17.5. The Morgan fingerprint density at radius 2 is 1.85 bits per heavy atom. The number of anilines is 1. The lowest BCUT2D eigenvalue weighted by Crippen LogP contribution is -2.30. The van der Waals surface area contributed by atoms with E-state index in [0.29, 0.717) is 31.0 Å². The van der Waals surface area contributed by atoms with Crippen LogP contribution in [-0.2, 0) is 16.0 Å². The van der Waals surface area contributed by atoms with E-state index < -0.39 is 6.10 Å². The molecule has 1 saturated heterocycles. The molecule has 0 unspecified atom stereocenters. The Kier molecular flexibility index (Phi) is 7.91. The van der Waals surface area contributed by atoms with Gasteiger partial charge in [0.25, 0.3) is 5.91 Å². The number of ether oxygens (including phenoxy) is 2. The van der Waals surface area contributed by atoms with E-state index in [1.807, 2.05) is 42.5 Å². The van der Waals surface area contributed by atoms with Crippen molar-refractivity contribution in [2.75, 3.05) is 18.5 Å². The van der Waals surface area contributed by atoms with Gasteiger partial charge in [0.2, 0.25) is 0 Å². The van der Waals surface area contributed by atoms with Gasteiger partial charge in [-0.1, -0.05) is 42.5 Å². The summed E-state index contributed by atoms with van der Waals surface area (Å²) in [6.45, 7) is 0.995. The highest BCUT2D eigenvalue weighted by atomic mass is 35.5. The van der Waals surface area contributed by atoms with E-state index in [0.717, 1.165) is 12.8 Å². The SMILES string of the molecule is Cl.NC[C@H]1CC[C@@H](C(=O)Nc2ccccc2OCCc2ccccc2)O1. The van der Waals surface area contributed by atoms with Crippen LogP contribution in [0.1, 0.15) is 18.4 Å². The number of hydrogen-bond acceptors (Lipinski definition) is 4. The quantitative estimate of drug-likeness (QED) is 0.778. The van der Waals surface area contributed by atoms with Crippen molar-refractivity contribution in [2.45, 2.75) is 31.5 Å². The van der Waals surface area contributed by atoms with Crippen LogP contribution in [0.2, 0.25) is 0 Å². The van der Waals surface area contributed by atoms with Crippen molar-refractivity contribution >= 4 is 24.0 Å². The van der Waals surface area contributed by atoms with Crippen LogP contribution >= 0.6 is 12.4 Å². The van der Waals surface area contributed by atoms with Gasteiger partial charge in [-0.25, -0.2) is 0 Å². The normalized spacial score (nSPS) is 18.8. The van der Waals surface area contributed by atoms with E-state index in [4.69, 9.17) is 15.2 Å². The zero-order valence-corrected chi connectivity index (χ0v) is 15.4. The topological polar surface area (TPSA) is 73.6 Å². The number of rotatable bonds is 7. The van der Waals surface area contributed by atoms with Gasteiger partial charge in [0.1, 0.15) is 11.9 Å². The van der Waals surface area contributed by atoms with Gasteiger partial charge in [0.05, 0.1) is 18.4 Å².